The van der Waals surface area contributed by atoms with Gasteiger partial charge in [-0.1, -0.05) is 10.1 Å². The standard InChI is InChI=1S/C19H34N2O23S3/c1-4-7(20-45-43-41-30)11(26)13(6(3-23)35-4)37-19-15(40-47(32,33)34)12(27)14(16(39-19)17(28)29)38-18-8(21-46-44-42-31)10(25)9(24)5(2-22)36-18/h4-16,18-27,30-31H,2-3H2,1H3,(H,28,29)(H,32,33,34)/t4-,5?,6?,7?,8?,9-,10-,11-,12+,13-,14+,15?,16?,18-,19-/m1/s1. The number of carbonyl (C=O) groups is 1. The number of aliphatic hydroxyl groups excluding tert-OH is 6. The fraction of sp³-hybridized carbons (Fsp3) is 0.947. The van der Waals surface area contributed by atoms with Crippen LogP contribution in [0.1, 0.15) is 6.92 Å². The molecule has 276 valence electrons. The van der Waals surface area contributed by atoms with Crippen LogP contribution in [0.3, 0.4) is 0 Å². The van der Waals surface area contributed by atoms with Crippen molar-refractivity contribution in [2.75, 3.05) is 13.2 Å². The summed E-state index contributed by atoms with van der Waals surface area (Å²) in [7, 11) is -5.49. The third-order valence-electron chi connectivity index (χ3n) is 7.10. The summed E-state index contributed by atoms with van der Waals surface area (Å²) in [5.74, 6) is -1.87. The van der Waals surface area contributed by atoms with Gasteiger partial charge in [0.15, 0.2) is 24.8 Å². The molecule has 3 heterocycles. The Balaban J connectivity index is 1.94. The first-order chi connectivity index (χ1) is 22.2. The molecule has 15 atom stereocenters. The number of carboxylic acids is 1. The lowest BCUT2D eigenvalue weighted by Gasteiger charge is -2.48. The van der Waals surface area contributed by atoms with E-state index in [0.717, 1.165) is 0 Å². The molecule has 0 radical (unpaired) electrons. The smallest absolute Gasteiger partial charge is 0.397 e. The zero-order valence-electron chi connectivity index (χ0n) is 23.6. The number of nitrogens with one attached hydrogen (secondary N) is 2. The molecule has 25 nitrogen and oxygen atoms in total. The van der Waals surface area contributed by atoms with Crippen LogP contribution in [-0.2, 0) is 61.8 Å². The molecular weight excluding hydrogens is 720 g/mol. The maximum absolute atomic E-state index is 12.3. The lowest BCUT2D eigenvalue weighted by atomic mass is 9.93. The van der Waals surface area contributed by atoms with E-state index in [1.807, 2.05) is 0 Å². The lowest BCUT2D eigenvalue weighted by Crippen LogP contribution is -2.68. The summed E-state index contributed by atoms with van der Waals surface area (Å²) in [4.78, 5) is 12.3. The molecule has 0 saturated carbocycles. The summed E-state index contributed by atoms with van der Waals surface area (Å²) in [6.45, 7) is -0.289. The van der Waals surface area contributed by atoms with Gasteiger partial charge in [-0.2, -0.15) is 8.42 Å². The summed E-state index contributed by atoms with van der Waals surface area (Å²) >= 11 is 0.397. The van der Waals surface area contributed by atoms with E-state index in [4.69, 9.17) is 34.2 Å². The summed E-state index contributed by atoms with van der Waals surface area (Å²) < 4.78 is 78.3. The van der Waals surface area contributed by atoms with Crippen molar-refractivity contribution in [3.8, 4) is 0 Å². The Bertz CT molecular complexity index is 1080. The largest absolute Gasteiger partial charge is 0.479 e. The molecule has 0 aromatic rings. The molecular formula is C19H34N2O23S3. The minimum Gasteiger partial charge on any atom is -0.479 e. The highest BCUT2D eigenvalue weighted by atomic mass is 32.3. The van der Waals surface area contributed by atoms with Crippen LogP contribution < -0.4 is 9.44 Å². The molecule has 3 aliphatic rings. The van der Waals surface area contributed by atoms with Gasteiger partial charge in [-0.25, -0.2) is 28.9 Å². The first-order valence-electron chi connectivity index (χ1n) is 13.1. The molecule has 0 aromatic carbocycles. The van der Waals surface area contributed by atoms with Crippen molar-refractivity contribution in [1.82, 2.24) is 9.44 Å². The summed E-state index contributed by atoms with van der Waals surface area (Å²) in [5.41, 5.74) is 0. The van der Waals surface area contributed by atoms with E-state index < -0.39 is 121 Å². The fourth-order valence-electron chi connectivity index (χ4n) is 4.96. The van der Waals surface area contributed by atoms with Gasteiger partial charge in [0.2, 0.25) is 0 Å². The number of aliphatic hydroxyl groups is 6. The van der Waals surface area contributed by atoms with Gasteiger partial charge >= 0.3 is 16.4 Å². The van der Waals surface area contributed by atoms with Crippen molar-refractivity contribution in [1.29, 1.82) is 0 Å². The molecule has 3 fully saturated rings. The second-order valence-corrected chi connectivity index (χ2v) is 12.1. The molecule has 3 saturated heterocycles. The van der Waals surface area contributed by atoms with Crippen molar-refractivity contribution in [3.05, 3.63) is 0 Å². The summed E-state index contributed by atoms with van der Waals surface area (Å²) in [5, 5.41) is 96.1. The van der Waals surface area contributed by atoms with Gasteiger partial charge in [-0.05, 0) is 6.92 Å². The minimum absolute atomic E-state index is 0.112. The van der Waals surface area contributed by atoms with E-state index in [0.29, 0.717) is 0 Å². The Morgan fingerprint density at radius 2 is 1.34 bits per heavy atom. The van der Waals surface area contributed by atoms with E-state index in [1.165, 1.54) is 6.92 Å². The van der Waals surface area contributed by atoms with Crippen molar-refractivity contribution >= 4 is 40.8 Å². The molecule has 0 amide bonds. The van der Waals surface area contributed by atoms with Gasteiger partial charge in [0.05, 0.1) is 31.4 Å². The van der Waals surface area contributed by atoms with Gasteiger partial charge in [0.1, 0.15) is 73.3 Å². The van der Waals surface area contributed by atoms with Crippen molar-refractivity contribution in [3.63, 3.8) is 0 Å². The number of carboxylic acid groups (broad SMARTS) is 1. The Labute approximate surface area is 272 Å². The van der Waals surface area contributed by atoms with Crippen LogP contribution in [0.2, 0.25) is 0 Å². The van der Waals surface area contributed by atoms with Crippen LogP contribution in [0.25, 0.3) is 0 Å². The number of rotatable bonds is 17. The van der Waals surface area contributed by atoms with Crippen LogP contribution in [-0.4, -0.2) is 170 Å². The average molecular weight is 755 g/mol. The average Bonchev–Trinajstić information content (AvgIpc) is 3.01. The van der Waals surface area contributed by atoms with Crippen LogP contribution in [0.4, 0.5) is 0 Å². The number of hydrogen-bond acceptors (Lipinski definition) is 25. The minimum atomic E-state index is -5.49. The van der Waals surface area contributed by atoms with E-state index in [2.05, 4.69) is 32.4 Å². The molecule has 0 spiro atoms. The Kier molecular flexibility index (Phi) is 16.0. The Morgan fingerprint density at radius 3 is 1.87 bits per heavy atom. The predicted molar refractivity (Wildman–Crippen MR) is 142 cm³/mol. The number of aliphatic carboxylic acids is 1. The van der Waals surface area contributed by atoms with Crippen LogP contribution in [0, 0.1) is 0 Å². The highest BCUT2D eigenvalue weighted by Crippen LogP contribution is 2.34. The number of ether oxygens (including phenoxy) is 5. The van der Waals surface area contributed by atoms with E-state index in [1.54, 1.807) is 0 Å². The zero-order chi connectivity index (χ0) is 35.1. The highest BCUT2D eigenvalue weighted by molar-refractivity contribution is 7.92. The first-order valence-corrected chi connectivity index (χ1v) is 15.9. The second kappa shape index (κ2) is 18.5. The highest BCUT2D eigenvalue weighted by Gasteiger charge is 2.57. The van der Waals surface area contributed by atoms with Gasteiger partial charge in [-0.15, -0.1) is 8.67 Å². The third kappa shape index (κ3) is 10.4. The van der Waals surface area contributed by atoms with Crippen molar-refractivity contribution in [2.24, 2.45) is 0 Å². The molecule has 47 heavy (non-hydrogen) atoms. The molecule has 12 N–H and O–H groups in total. The topological polar surface area (TPSA) is 370 Å². The number of hydrogen-bond donors (Lipinski definition) is 12. The molecule has 3 rings (SSSR count). The van der Waals surface area contributed by atoms with Gasteiger partial charge in [0, 0.05) is 0 Å². The van der Waals surface area contributed by atoms with E-state index in [9.17, 15) is 53.5 Å². The van der Waals surface area contributed by atoms with Crippen LogP contribution in [0.15, 0.2) is 0 Å². The van der Waals surface area contributed by atoms with Crippen molar-refractivity contribution < 1.29 is 111 Å². The Hall–Kier alpha value is -0.720. The molecule has 0 aliphatic carbocycles. The zero-order valence-corrected chi connectivity index (χ0v) is 26.0. The molecule has 0 bridgehead atoms. The molecule has 6 unspecified atom stereocenters. The maximum atomic E-state index is 12.3. The normalized spacial score (nSPS) is 41.5. The van der Waals surface area contributed by atoms with E-state index >= 15 is 0 Å². The van der Waals surface area contributed by atoms with E-state index in [-0.39, 0.29) is 24.5 Å². The first kappa shape index (κ1) is 40.7. The quantitative estimate of drug-likeness (QED) is 0.0165. The van der Waals surface area contributed by atoms with Gasteiger partial charge in [-0.3, -0.25) is 4.55 Å². The van der Waals surface area contributed by atoms with Gasteiger partial charge < -0.3 is 59.4 Å². The molecule has 0 aromatic heterocycles. The molecule has 28 heteroatoms. The van der Waals surface area contributed by atoms with Crippen LogP contribution >= 0.6 is 24.5 Å². The maximum Gasteiger partial charge on any atom is 0.397 e. The monoisotopic (exact) mass is 754 g/mol. The SMILES string of the molecule is C[C@H]1OC(CO)[C@@H](O[C@@H]2OC(C(=O)O)[C@@H](O[C@H]3OC(CO)[C@@H](O)[C@H](O)C3NSOOO)[C@H](O)C2OS(=O)(=O)O)[C@H](O)C1NSOOO. The Morgan fingerprint density at radius 1 is 0.766 bits per heavy atom. The summed E-state index contributed by atoms with van der Waals surface area (Å²) in [6.07, 6.45) is -24.5. The second-order valence-electron chi connectivity index (χ2n) is 9.94. The fourth-order valence-corrected chi connectivity index (χ4v) is 6.39. The lowest BCUT2D eigenvalue weighted by molar-refractivity contribution is -0.432. The van der Waals surface area contributed by atoms with Gasteiger partial charge in [0.25, 0.3) is 0 Å². The predicted octanol–water partition coefficient (Wildman–Crippen LogP) is -5.42. The molecule has 3 aliphatic heterocycles. The van der Waals surface area contributed by atoms with Crippen molar-refractivity contribution in [2.45, 2.75) is 98.7 Å². The van der Waals surface area contributed by atoms with Crippen LogP contribution in [0.5, 0.6) is 0 Å². The summed E-state index contributed by atoms with van der Waals surface area (Å²) in [6, 6.07) is -2.76. The third-order valence-corrected chi connectivity index (χ3v) is 8.56.